The molecule has 3 N–H and O–H groups in total. The molecule has 0 aliphatic rings. The Morgan fingerprint density at radius 3 is 2.95 bits per heavy atom. The number of hydrogen-bond acceptors (Lipinski definition) is 5. The predicted molar refractivity (Wildman–Crippen MR) is 82.5 cm³/mol. The van der Waals surface area contributed by atoms with Gasteiger partial charge in [0.25, 0.3) is 5.91 Å². The minimum atomic E-state index is -0.268. The van der Waals surface area contributed by atoms with Crippen molar-refractivity contribution in [2.24, 2.45) is 0 Å². The first-order valence-electron chi connectivity index (χ1n) is 7.09. The fourth-order valence-electron chi connectivity index (χ4n) is 2.34. The molecule has 7 heteroatoms. The van der Waals surface area contributed by atoms with E-state index in [4.69, 9.17) is 10.3 Å². The Labute approximate surface area is 127 Å². The molecule has 1 amide bonds. The molecule has 114 valence electrons. The van der Waals surface area contributed by atoms with E-state index in [1.54, 1.807) is 16.8 Å². The summed E-state index contributed by atoms with van der Waals surface area (Å²) >= 11 is 0. The first-order valence-corrected chi connectivity index (χ1v) is 7.09. The number of rotatable bonds is 4. The van der Waals surface area contributed by atoms with Gasteiger partial charge in [0.2, 0.25) is 0 Å². The van der Waals surface area contributed by atoms with Crippen molar-refractivity contribution in [2.45, 2.75) is 20.3 Å². The summed E-state index contributed by atoms with van der Waals surface area (Å²) in [5.41, 5.74) is 8.56. The number of nitrogens with one attached hydrogen (secondary N) is 1. The van der Waals surface area contributed by atoms with Crippen LogP contribution >= 0.6 is 0 Å². The molecule has 7 nitrogen and oxygen atoms in total. The molecule has 0 saturated carbocycles. The van der Waals surface area contributed by atoms with Crippen molar-refractivity contribution >= 4 is 17.4 Å². The molecule has 0 saturated heterocycles. The summed E-state index contributed by atoms with van der Waals surface area (Å²) in [6, 6.07) is 3.75. The minimum absolute atomic E-state index is 0.231. The molecule has 3 rings (SSSR count). The molecule has 0 bridgehead atoms. The van der Waals surface area contributed by atoms with Crippen molar-refractivity contribution in [3.63, 3.8) is 0 Å². The van der Waals surface area contributed by atoms with Gasteiger partial charge in [-0.05, 0) is 25.5 Å². The SMILES string of the molecule is CCCNC(=O)c1nc2c(-c3cnoc3C)cccn2c1N. The van der Waals surface area contributed by atoms with Gasteiger partial charge in [0, 0.05) is 23.9 Å². The highest BCUT2D eigenvalue weighted by Gasteiger charge is 2.19. The van der Waals surface area contributed by atoms with Gasteiger partial charge in [-0.2, -0.15) is 0 Å². The molecule has 22 heavy (non-hydrogen) atoms. The van der Waals surface area contributed by atoms with E-state index in [0.29, 0.717) is 23.8 Å². The van der Waals surface area contributed by atoms with Crippen molar-refractivity contribution in [1.82, 2.24) is 19.9 Å². The first-order chi connectivity index (χ1) is 10.6. The number of imidazole rings is 1. The lowest BCUT2D eigenvalue weighted by atomic mass is 10.1. The third-order valence-electron chi connectivity index (χ3n) is 3.48. The summed E-state index contributed by atoms with van der Waals surface area (Å²) in [7, 11) is 0. The van der Waals surface area contributed by atoms with E-state index in [-0.39, 0.29) is 11.6 Å². The maximum Gasteiger partial charge on any atom is 0.273 e. The lowest BCUT2D eigenvalue weighted by Gasteiger charge is -2.02. The fourth-order valence-corrected chi connectivity index (χ4v) is 2.34. The van der Waals surface area contributed by atoms with E-state index in [1.807, 2.05) is 26.0 Å². The third kappa shape index (κ3) is 2.20. The summed E-state index contributed by atoms with van der Waals surface area (Å²) in [5.74, 6) is 0.738. The smallest absolute Gasteiger partial charge is 0.273 e. The molecule has 0 spiro atoms. The number of fused-ring (bicyclic) bond motifs is 1. The van der Waals surface area contributed by atoms with Gasteiger partial charge in [0.1, 0.15) is 17.2 Å². The van der Waals surface area contributed by atoms with Gasteiger partial charge in [0.15, 0.2) is 5.69 Å². The second-order valence-corrected chi connectivity index (χ2v) is 5.01. The number of pyridine rings is 1. The molecule has 3 aromatic heterocycles. The molecule has 0 radical (unpaired) electrons. The maximum atomic E-state index is 12.2. The number of carbonyl (C=O) groups is 1. The fraction of sp³-hybridized carbons (Fsp3) is 0.267. The number of aryl methyl sites for hydroxylation is 1. The monoisotopic (exact) mass is 299 g/mol. The number of nitrogen functional groups attached to an aromatic ring is 1. The Morgan fingerprint density at radius 2 is 2.27 bits per heavy atom. The number of amides is 1. The van der Waals surface area contributed by atoms with E-state index in [9.17, 15) is 4.79 Å². The molecule has 0 fully saturated rings. The average Bonchev–Trinajstić information content (AvgIpc) is 3.09. The molecule has 0 aromatic carbocycles. The summed E-state index contributed by atoms with van der Waals surface area (Å²) in [5, 5.41) is 6.58. The van der Waals surface area contributed by atoms with Crippen LogP contribution in [0.1, 0.15) is 29.6 Å². The van der Waals surface area contributed by atoms with Crippen molar-refractivity contribution in [3.8, 4) is 11.1 Å². The van der Waals surface area contributed by atoms with Crippen LogP contribution in [0.2, 0.25) is 0 Å². The third-order valence-corrected chi connectivity index (χ3v) is 3.48. The van der Waals surface area contributed by atoms with Crippen LogP contribution in [0.3, 0.4) is 0 Å². The quantitative estimate of drug-likeness (QED) is 0.768. The van der Waals surface area contributed by atoms with Gasteiger partial charge in [-0.1, -0.05) is 12.1 Å². The van der Waals surface area contributed by atoms with Crippen LogP contribution in [0.4, 0.5) is 5.82 Å². The standard InChI is InChI=1S/C15H17N5O2/c1-3-6-17-15(21)12-13(16)20-7-4-5-10(14(20)19-12)11-8-18-22-9(11)2/h4-5,7-8H,3,6,16H2,1-2H3,(H,17,21). The Morgan fingerprint density at radius 1 is 1.45 bits per heavy atom. The number of nitrogens with zero attached hydrogens (tertiary/aromatic N) is 3. The van der Waals surface area contributed by atoms with Gasteiger partial charge >= 0.3 is 0 Å². The number of nitrogens with two attached hydrogens (primary N) is 1. The molecule has 0 aliphatic carbocycles. The summed E-state index contributed by atoms with van der Waals surface area (Å²) < 4.78 is 6.80. The summed E-state index contributed by atoms with van der Waals surface area (Å²) in [6.45, 7) is 4.40. The van der Waals surface area contributed by atoms with Gasteiger partial charge in [-0.3, -0.25) is 9.20 Å². The molecule has 3 aromatic rings. The van der Waals surface area contributed by atoms with E-state index < -0.39 is 0 Å². The average molecular weight is 299 g/mol. The van der Waals surface area contributed by atoms with Gasteiger partial charge in [-0.15, -0.1) is 0 Å². The number of aromatic nitrogens is 3. The van der Waals surface area contributed by atoms with E-state index in [1.165, 1.54) is 0 Å². The highest BCUT2D eigenvalue weighted by molar-refractivity contribution is 5.98. The second-order valence-electron chi connectivity index (χ2n) is 5.01. The van der Waals surface area contributed by atoms with Crippen LogP contribution in [0, 0.1) is 6.92 Å². The van der Waals surface area contributed by atoms with Crippen LogP contribution in [0.25, 0.3) is 16.8 Å². The van der Waals surface area contributed by atoms with Crippen LogP contribution in [0.5, 0.6) is 0 Å². The zero-order valence-corrected chi connectivity index (χ0v) is 12.5. The van der Waals surface area contributed by atoms with Gasteiger partial charge in [-0.25, -0.2) is 4.98 Å². The Kier molecular flexibility index (Phi) is 3.54. The molecule has 0 aliphatic heterocycles. The van der Waals surface area contributed by atoms with Gasteiger partial charge < -0.3 is 15.6 Å². The molecular weight excluding hydrogens is 282 g/mol. The number of hydrogen-bond donors (Lipinski definition) is 2. The van der Waals surface area contributed by atoms with E-state index >= 15 is 0 Å². The first kappa shape index (κ1) is 14.1. The number of carbonyl (C=O) groups excluding carboxylic acids is 1. The minimum Gasteiger partial charge on any atom is -0.383 e. The van der Waals surface area contributed by atoms with Crippen molar-refractivity contribution in [1.29, 1.82) is 0 Å². The highest BCUT2D eigenvalue weighted by atomic mass is 16.5. The predicted octanol–water partition coefficient (Wildman–Crippen LogP) is 2.02. The van der Waals surface area contributed by atoms with Crippen molar-refractivity contribution in [3.05, 3.63) is 36.0 Å². The maximum absolute atomic E-state index is 12.2. The molecule has 0 atom stereocenters. The molecule has 3 heterocycles. The summed E-state index contributed by atoms with van der Waals surface area (Å²) in [4.78, 5) is 16.6. The number of anilines is 1. The van der Waals surface area contributed by atoms with Crippen LogP contribution in [-0.4, -0.2) is 27.0 Å². The van der Waals surface area contributed by atoms with Crippen molar-refractivity contribution in [2.75, 3.05) is 12.3 Å². The molecule has 0 unspecified atom stereocenters. The lowest BCUT2D eigenvalue weighted by molar-refractivity contribution is 0.0950. The Hall–Kier alpha value is -2.83. The zero-order valence-electron chi connectivity index (χ0n) is 12.5. The van der Waals surface area contributed by atoms with E-state index in [2.05, 4.69) is 15.5 Å². The largest absolute Gasteiger partial charge is 0.383 e. The summed E-state index contributed by atoms with van der Waals surface area (Å²) in [6.07, 6.45) is 4.26. The van der Waals surface area contributed by atoms with Crippen LogP contribution in [-0.2, 0) is 0 Å². The van der Waals surface area contributed by atoms with E-state index in [0.717, 1.165) is 17.5 Å². The topological polar surface area (TPSA) is 98.5 Å². The molecular formula is C15H17N5O2. The highest BCUT2D eigenvalue weighted by Crippen LogP contribution is 2.28. The zero-order chi connectivity index (χ0) is 15.7. The normalized spacial score (nSPS) is 11.0. The Balaban J connectivity index is 2.14. The lowest BCUT2D eigenvalue weighted by Crippen LogP contribution is -2.25. The van der Waals surface area contributed by atoms with Crippen LogP contribution < -0.4 is 11.1 Å². The van der Waals surface area contributed by atoms with Crippen LogP contribution in [0.15, 0.2) is 29.0 Å². The van der Waals surface area contributed by atoms with Crippen molar-refractivity contribution < 1.29 is 9.32 Å². The Bertz CT molecular complexity index is 834. The second kappa shape index (κ2) is 5.51. The van der Waals surface area contributed by atoms with Gasteiger partial charge in [0.05, 0.1) is 6.20 Å².